The maximum absolute atomic E-state index is 12.6. The number of carbonyl (C=O) groups is 1. The van der Waals surface area contributed by atoms with Crippen LogP contribution in [0.15, 0.2) is 11.6 Å². The summed E-state index contributed by atoms with van der Waals surface area (Å²) in [4.78, 5) is 11.7. The highest BCUT2D eigenvalue weighted by Gasteiger charge is 2.23. The molecule has 0 aliphatic rings. The third kappa shape index (κ3) is 5.83. The molecule has 1 atom stereocenters. The summed E-state index contributed by atoms with van der Waals surface area (Å²) in [5, 5.41) is 0. The van der Waals surface area contributed by atoms with Crippen LogP contribution >= 0.6 is 9.24 Å². The molecule has 0 spiro atoms. The van der Waals surface area contributed by atoms with Gasteiger partial charge in [0.25, 0.3) is 5.66 Å². The highest BCUT2D eigenvalue weighted by Crippen LogP contribution is 2.30. The van der Waals surface area contributed by atoms with Crippen molar-refractivity contribution in [3.8, 4) is 0 Å². The van der Waals surface area contributed by atoms with E-state index in [9.17, 15) is 13.6 Å². The van der Waals surface area contributed by atoms with Gasteiger partial charge >= 0.3 is 0 Å². The number of hydrogen-bond donors (Lipinski definition) is 0. The zero-order valence-electron chi connectivity index (χ0n) is 7.76. The standard InChI is InChI=1S/C8H14F2NOP/c1-7(8(9,10)13)3-4-11(2)5-6-12/h3,6H,4-5,13H2,1-2H3/b7-3+. The van der Waals surface area contributed by atoms with E-state index in [1.807, 2.05) is 0 Å². The molecule has 0 bridgehead atoms. The number of likely N-dealkylation sites (N-methyl/N-ethyl adjacent to an activating group) is 1. The number of allylic oxidation sites excluding steroid dienone is 1. The number of carbonyl (C=O) groups excluding carboxylic acids is 1. The lowest BCUT2D eigenvalue weighted by atomic mass is 10.3. The maximum atomic E-state index is 12.6. The Kier molecular flexibility index (Phi) is 5.26. The van der Waals surface area contributed by atoms with Crippen molar-refractivity contribution in [2.75, 3.05) is 20.1 Å². The van der Waals surface area contributed by atoms with Crippen molar-refractivity contribution in [1.82, 2.24) is 4.90 Å². The van der Waals surface area contributed by atoms with Crippen molar-refractivity contribution < 1.29 is 13.6 Å². The summed E-state index contributed by atoms with van der Waals surface area (Å²) in [5.74, 6) is 0. The van der Waals surface area contributed by atoms with Crippen LogP contribution in [0.2, 0.25) is 0 Å². The Morgan fingerprint density at radius 1 is 1.54 bits per heavy atom. The molecule has 0 aliphatic heterocycles. The first kappa shape index (κ1) is 12.7. The van der Waals surface area contributed by atoms with Crippen LogP contribution in [0.3, 0.4) is 0 Å². The minimum absolute atomic E-state index is 0.00440. The lowest BCUT2D eigenvalue weighted by Gasteiger charge is -2.13. The molecule has 0 amide bonds. The Labute approximate surface area is 79.2 Å². The van der Waals surface area contributed by atoms with Gasteiger partial charge in [0.05, 0.1) is 6.54 Å². The lowest BCUT2D eigenvalue weighted by Crippen LogP contribution is -2.21. The molecule has 0 saturated carbocycles. The van der Waals surface area contributed by atoms with Crippen LogP contribution in [0, 0.1) is 0 Å². The summed E-state index contributed by atoms with van der Waals surface area (Å²) in [7, 11) is 3.17. The van der Waals surface area contributed by atoms with Gasteiger partial charge in [0.1, 0.15) is 6.29 Å². The molecule has 0 aliphatic carbocycles. The van der Waals surface area contributed by atoms with Gasteiger partial charge in [-0.1, -0.05) is 15.3 Å². The molecule has 5 heteroatoms. The van der Waals surface area contributed by atoms with E-state index < -0.39 is 5.66 Å². The van der Waals surface area contributed by atoms with Gasteiger partial charge in [-0.2, -0.15) is 8.78 Å². The number of alkyl halides is 2. The monoisotopic (exact) mass is 209 g/mol. The molecule has 0 saturated heterocycles. The Bertz CT molecular complexity index is 201. The second-order valence-corrected chi connectivity index (χ2v) is 3.62. The zero-order chi connectivity index (χ0) is 10.5. The predicted molar refractivity (Wildman–Crippen MR) is 52.0 cm³/mol. The van der Waals surface area contributed by atoms with Crippen LogP contribution in [0.5, 0.6) is 0 Å². The van der Waals surface area contributed by atoms with Gasteiger partial charge in [-0.05, 0) is 19.5 Å². The van der Waals surface area contributed by atoms with E-state index >= 15 is 0 Å². The van der Waals surface area contributed by atoms with Gasteiger partial charge in [0.2, 0.25) is 0 Å². The van der Waals surface area contributed by atoms with Crippen LogP contribution in [0.4, 0.5) is 8.78 Å². The van der Waals surface area contributed by atoms with E-state index in [-0.39, 0.29) is 12.1 Å². The van der Waals surface area contributed by atoms with Crippen molar-refractivity contribution >= 4 is 15.5 Å². The first-order chi connectivity index (χ1) is 5.88. The minimum atomic E-state index is -2.85. The molecule has 2 nitrogen and oxygen atoms in total. The number of hydrogen-bond acceptors (Lipinski definition) is 2. The largest absolute Gasteiger partial charge is 0.302 e. The fourth-order valence-electron chi connectivity index (χ4n) is 0.631. The predicted octanol–water partition coefficient (Wildman–Crippen LogP) is 1.53. The SMILES string of the molecule is C/C(=C\CN(C)CC=O)C(F)(F)P. The molecule has 0 aromatic heterocycles. The van der Waals surface area contributed by atoms with Gasteiger partial charge in [-0.3, -0.25) is 4.90 Å². The molecule has 1 unspecified atom stereocenters. The van der Waals surface area contributed by atoms with E-state index in [1.165, 1.54) is 22.2 Å². The average Bonchev–Trinajstić information content (AvgIpc) is 1.99. The summed E-state index contributed by atoms with van der Waals surface area (Å²) in [6.07, 6.45) is 2.15. The van der Waals surface area contributed by atoms with E-state index in [0.29, 0.717) is 6.54 Å². The summed E-state index contributed by atoms with van der Waals surface area (Å²) < 4.78 is 25.1. The molecule has 13 heavy (non-hydrogen) atoms. The third-order valence-electron chi connectivity index (χ3n) is 1.62. The highest BCUT2D eigenvalue weighted by atomic mass is 31.0. The molecular weight excluding hydrogens is 195 g/mol. The molecule has 0 aromatic carbocycles. The number of rotatable bonds is 5. The van der Waals surface area contributed by atoms with Crippen LogP contribution in [0.25, 0.3) is 0 Å². The van der Waals surface area contributed by atoms with Gasteiger partial charge in [-0.15, -0.1) is 0 Å². The second kappa shape index (κ2) is 5.40. The Hall–Kier alpha value is -0.340. The average molecular weight is 209 g/mol. The van der Waals surface area contributed by atoms with Gasteiger partial charge in [0, 0.05) is 6.54 Å². The van der Waals surface area contributed by atoms with Crippen molar-refractivity contribution in [3.05, 3.63) is 11.6 Å². The van der Waals surface area contributed by atoms with E-state index in [2.05, 4.69) is 0 Å². The molecule has 76 valence electrons. The normalized spacial score (nSPS) is 13.5. The van der Waals surface area contributed by atoms with Crippen LogP contribution in [-0.4, -0.2) is 37.0 Å². The van der Waals surface area contributed by atoms with E-state index in [4.69, 9.17) is 0 Å². The van der Waals surface area contributed by atoms with Crippen molar-refractivity contribution in [3.63, 3.8) is 0 Å². The Morgan fingerprint density at radius 3 is 2.46 bits per heavy atom. The Morgan fingerprint density at radius 2 is 2.08 bits per heavy atom. The number of halogens is 2. The molecule has 0 N–H and O–H groups in total. The number of aldehydes is 1. The Balaban J connectivity index is 4.04. The lowest BCUT2D eigenvalue weighted by molar-refractivity contribution is -0.108. The molecule has 0 aromatic rings. The van der Waals surface area contributed by atoms with E-state index in [1.54, 1.807) is 11.9 Å². The molecule has 0 rings (SSSR count). The maximum Gasteiger partial charge on any atom is 0.279 e. The van der Waals surface area contributed by atoms with Gasteiger partial charge in [0.15, 0.2) is 0 Å². The fraction of sp³-hybridized carbons (Fsp3) is 0.625. The van der Waals surface area contributed by atoms with Crippen molar-refractivity contribution in [1.29, 1.82) is 0 Å². The fourth-order valence-corrected chi connectivity index (χ4v) is 0.748. The van der Waals surface area contributed by atoms with Crippen LogP contribution < -0.4 is 0 Å². The van der Waals surface area contributed by atoms with E-state index in [0.717, 1.165) is 6.29 Å². The second-order valence-electron chi connectivity index (χ2n) is 2.90. The summed E-state index contributed by atoms with van der Waals surface area (Å²) >= 11 is 0. The molecular formula is C8H14F2NOP. The van der Waals surface area contributed by atoms with Crippen molar-refractivity contribution in [2.24, 2.45) is 0 Å². The molecule has 0 radical (unpaired) electrons. The minimum Gasteiger partial charge on any atom is -0.302 e. The smallest absolute Gasteiger partial charge is 0.279 e. The van der Waals surface area contributed by atoms with Crippen LogP contribution in [-0.2, 0) is 4.79 Å². The summed E-state index contributed by atoms with van der Waals surface area (Å²) in [6.45, 7) is 1.97. The zero-order valence-corrected chi connectivity index (χ0v) is 8.91. The van der Waals surface area contributed by atoms with Gasteiger partial charge in [-0.25, -0.2) is 0 Å². The number of nitrogens with zero attached hydrogens (tertiary/aromatic N) is 1. The van der Waals surface area contributed by atoms with Gasteiger partial charge < -0.3 is 4.79 Å². The highest BCUT2D eigenvalue weighted by molar-refractivity contribution is 7.18. The summed E-state index contributed by atoms with van der Waals surface area (Å²) in [6, 6.07) is 0. The molecule has 0 heterocycles. The molecule has 0 fully saturated rings. The summed E-state index contributed by atoms with van der Waals surface area (Å²) in [5.41, 5.74) is -2.85. The first-order valence-electron chi connectivity index (χ1n) is 3.84. The quantitative estimate of drug-likeness (QED) is 0.389. The third-order valence-corrected chi connectivity index (χ3v) is 2.08. The first-order valence-corrected chi connectivity index (χ1v) is 4.41. The van der Waals surface area contributed by atoms with Crippen molar-refractivity contribution in [2.45, 2.75) is 12.6 Å². The van der Waals surface area contributed by atoms with Crippen LogP contribution in [0.1, 0.15) is 6.92 Å². The topological polar surface area (TPSA) is 20.3 Å².